The van der Waals surface area contributed by atoms with Crippen LogP contribution >= 0.6 is 0 Å². The van der Waals surface area contributed by atoms with E-state index in [0.717, 1.165) is 60.1 Å². The van der Waals surface area contributed by atoms with E-state index in [9.17, 15) is 2.74 Å². The van der Waals surface area contributed by atoms with Crippen molar-refractivity contribution in [3.05, 3.63) is 181 Å². The van der Waals surface area contributed by atoms with Gasteiger partial charge in [-0.25, -0.2) is 4.98 Å². The van der Waals surface area contributed by atoms with Gasteiger partial charge < -0.3 is 14.2 Å². The first-order valence-corrected chi connectivity index (χ1v) is 21.2. The Morgan fingerprint density at radius 1 is 0.534 bits per heavy atom. The fraction of sp³-hybridized carbons (Fsp3) is 0.0200. The third kappa shape index (κ3) is 4.19. The molecule has 0 aliphatic carbocycles. The number of para-hydroxylation sites is 2. The summed E-state index contributed by atoms with van der Waals surface area (Å²) in [6.07, 6.45) is 0. The van der Waals surface area contributed by atoms with E-state index in [0.29, 0.717) is 17.2 Å². The molecular weight excluding hydrogens is 729 g/mol. The number of hydrogen-bond acceptors (Lipinski definition) is 4. The molecule has 0 saturated heterocycles. The molecule has 2 aromatic heterocycles. The highest BCUT2D eigenvalue weighted by atomic mass is 28.3. The van der Waals surface area contributed by atoms with Crippen LogP contribution in [0.4, 0.5) is 0 Å². The molecule has 272 valence electrons. The second kappa shape index (κ2) is 11.6. The van der Waals surface area contributed by atoms with Gasteiger partial charge in [0.15, 0.2) is 8.07 Å². The molecule has 8 aromatic carbocycles. The summed E-state index contributed by atoms with van der Waals surface area (Å²) in [5.74, 6) is 4.53. The van der Waals surface area contributed by atoms with Crippen LogP contribution in [-0.4, -0.2) is 28.7 Å². The number of fused-ring (bicyclic) bond motifs is 5. The van der Waals surface area contributed by atoms with E-state index in [-0.39, 0.29) is 70.3 Å². The Hall–Kier alpha value is -7.29. The Morgan fingerprint density at radius 2 is 1.09 bits per heavy atom. The van der Waals surface area contributed by atoms with Crippen molar-refractivity contribution >= 4 is 79.8 Å². The lowest BCUT2D eigenvalue weighted by molar-refractivity contribution is 0.443. The number of ether oxygens (including phenoxy) is 3. The van der Waals surface area contributed by atoms with Crippen LogP contribution in [0.1, 0.15) is 15.2 Å². The van der Waals surface area contributed by atoms with E-state index < -0.39 is 20.2 Å². The summed E-state index contributed by atoms with van der Waals surface area (Å²) in [4.78, 5) is 4.91. The fourth-order valence-corrected chi connectivity index (χ4v) is 14.4. The van der Waals surface area contributed by atoms with Gasteiger partial charge in [0.2, 0.25) is 5.78 Å². The van der Waals surface area contributed by atoms with E-state index in [1.54, 1.807) is 15.9 Å². The van der Waals surface area contributed by atoms with Gasteiger partial charge in [-0.2, -0.15) is 0 Å². The van der Waals surface area contributed by atoms with E-state index in [1.807, 2.05) is 84.9 Å². The number of aromatic nitrogens is 3. The third-order valence-corrected chi connectivity index (χ3v) is 16.6. The molecule has 10 aromatic rings. The van der Waals surface area contributed by atoms with Crippen LogP contribution in [0.5, 0.6) is 34.5 Å². The first-order chi connectivity index (χ1) is 31.6. The molecule has 0 fully saturated rings. The fourth-order valence-electron chi connectivity index (χ4n) is 9.59. The minimum atomic E-state index is -3.44. The molecule has 3 aliphatic heterocycles. The Balaban J connectivity index is 1.13. The molecule has 0 atom stereocenters. The summed E-state index contributed by atoms with van der Waals surface area (Å²) in [6.45, 7) is 1.44. The maximum absolute atomic E-state index is 9.33. The van der Waals surface area contributed by atoms with Gasteiger partial charge in [0.25, 0.3) is 6.71 Å². The second-order valence-corrected chi connectivity index (χ2v) is 18.8. The number of rotatable bonds is 5. The van der Waals surface area contributed by atoms with Crippen LogP contribution in [-0.2, 0) is 0 Å². The summed E-state index contributed by atoms with van der Waals surface area (Å²) < 4.78 is 86.4. The third-order valence-electron chi connectivity index (χ3n) is 11.9. The number of nitrogens with zero attached hydrogens (tertiary/aromatic N) is 3. The van der Waals surface area contributed by atoms with Gasteiger partial charge in [0.05, 0.1) is 31.7 Å². The normalized spacial score (nSPS) is 15.0. The van der Waals surface area contributed by atoms with Gasteiger partial charge in [-0.3, -0.25) is 8.97 Å². The minimum Gasteiger partial charge on any atom is -0.458 e. The van der Waals surface area contributed by atoms with E-state index >= 15 is 0 Å². The molecule has 3 aliphatic rings. The maximum atomic E-state index is 9.33. The van der Waals surface area contributed by atoms with E-state index in [4.69, 9.17) is 26.0 Å². The quantitative estimate of drug-likeness (QED) is 0.141. The summed E-state index contributed by atoms with van der Waals surface area (Å²) in [5.41, 5.74) is 4.32. The predicted octanol–water partition coefficient (Wildman–Crippen LogP) is 6.95. The number of benzene rings is 8. The van der Waals surface area contributed by atoms with Gasteiger partial charge >= 0.3 is 0 Å². The van der Waals surface area contributed by atoms with Crippen molar-refractivity contribution in [3.63, 3.8) is 0 Å². The molecular formula is C50H32BN3O3Si. The average Bonchev–Trinajstić information content (AvgIpc) is 3.88. The predicted molar refractivity (Wildman–Crippen MR) is 236 cm³/mol. The van der Waals surface area contributed by atoms with Gasteiger partial charge in [0, 0.05) is 22.1 Å². The Bertz CT molecular complexity index is 3650. The largest absolute Gasteiger partial charge is 0.458 e. The lowest BCUT2D eigenvalue weighted by Gasteiger charge is -2.39. The summed E-state index contributed by atoms with van der Waals surface area (Å²) >= 11 is 0. The Kier molecular flexibility index (Phi) is 5.17. The van der Waals surface area contributed by atoms with Crippen LogP contribution in [0.15, 0.2) is 176 Å². The topological polar surface area (TPSA) is 49.9 Å². The zero-order valence-electron chi connectivity index (χ0n) is 37.8. The summed E-state index contributed by atoms with van der Waals surface area (Å²) in [5, 5.41) is 4.08. The van der Waals surface area contributed by atoms with Crippen molar-refractivity contribution in [2.24, 2.45) is 0 Å². The van der Waals surface area contributed by atoms with Gasteiger partial charge in [0.1, 0.15) is 34.5 Å². The first-order valence-electron chi connectivity index (χ1n) is 22.7. The lowest BCUT2D eigenvalue weighted by Crippen LogP contribution is -2.75. The highest BCUT2D eigenvalue weighted by molar-refractivity contribution is 7.20. The highest BCUT2D eigenvalue weighted by Gasteiger charge is 2.49. The summed E-state index contributed by atoms with van der Waals surface area (Å²) in [7, 11) is -3.44. The van der Waals surface area contributed by atoms with Gasteiger partial charge in [-0.1, -0.05) is 103 Å². The van der Waals surface area contributed by atoms with Crippen LogP contribution in [0, 0.1) is 6.92 Å². The molecule has 6 nitrogen and oxygen atoms in total. The van der Waals surface area contributed by atoms with Crippen molar-refractivity contribution in [2.75, 3.05) is 0 Å². The van der Waals surface area contributed by atoms with Crippen LogP contribution in [0.2, 0.25) is 0 Å². The van der Waals surface area contributed by atoms with E-state index in [2.05, 4.69) is 48.5 Å². The van der Waals surface area contributed by atoms with Gasteiger partial charge in [-0.15, -0.1) is 0 Å². The average molecular weight is 769 g/mol. The van der Waals surface area contributed by atoms with Crippen LogP contribution < -0.4 is 51.3 Å². The molecule has 5 heterocycles. The summed E-state index contributed by atoms with van der Waals surface area (Å²) in [6, 6.07) is 43.3. The second-order valence-electron chi connectivity index (χ2n) is 15.0. The molecule has 0 N–H and O–H groups in total. The zero-order chi connectivity index (χ0) is 44.2. The van der Waals surface area contributed by atoms with Crippen molar-refractivity contribution in [3.8, 4) is 40.2 Å². The van der Waals surface area contributed by atoms with Gasteiger partial charge in [-0.05, 0) is 106 Å². The first kappa shape index (κ1) is 25.8. The molecule has 8 heteroatoms. The molecule has 58 heavy (non-hydrogen) atoms. The monoisotopic (exact) mass is 768 g/mol. The number of hydrogen-bond donors (Lipinski definition) is 0. The molecule has 0 amide bonds. The molecule has 0 bridgehead atoms. The van der Waals surface area contributed by atoms with E-state index in [1.165, 1.54) is 0 Å². The molecule has 0 radical (unpaired) electrons. The number of imidazole rings is 2. The maximum Gasteiger partial charge on any atom is 0.270 e. The highest BCUT2D eigenvalue weighted by Crippen LogP contribution is 2.41. The molecule has 0 spiro atoms. The molecule has 0 unspecified atom stereocenters. The van der Waals surface area contributed by atoms with Crippen LogP contribution in [0.25, 0.3) is 33.5 Å². The minimum absolute atomic E-state index is 0.0347. The zero-order valence-corrected chi connectivity index (χ0v) is 31.8. The van der Waals surface area contributed by atoms with Crippen molar-refractivity contribution in [1.29, 1.82) is 0 Å². The van der Waals surface area contributed by atoms with Crippen LogP contribution in [0.3, 0.4) is 0 Å². The van der Waals surface area contributed by atoms with Crippen molar-refractivity contribution in [2.45, 2.75) is 6.92 Å². The molecule has 13 rings (SSSR count). The molecule has 0 saturated carbocycles. The standard InChI is InChI=1S/C50H32BN3O3Si/c1-31-25-26-37-40(27-31)54-39-20-9-8-19-38(39)53(50(54)52-37)32-13-10-18-35(28-32)58(33-14-4-2-5-15-33,34-16-6-3-7-17-34)36-29-45-49-46(30-36)57-44-24-12-22-42-48(44)51(49)47-41(55-42)21-11-23-43(47)56-45/h2-30H,1H3/i8D,9D,19D,20D,25D,26D,27D. The van der Waals surface area contributed by atoms with Crippen molar-refractivity contribution < 1.29 is 23.8 Å². The SMILES string of the molecule is [2H]c1c(C)c([2H])c2c(nc3n(-c4cccc([Si](c5ccccc5)(c5ccccc5)c5cc6c7c(c5)Oc5cccc8c5B7c5c(cccc5O6)O8)c4)c4c([2H])c([2H])c([2H])c([2H])c4n23)c1[2H]. The smallest absolute Gasteiger partial charge is 0.270 e. The Morgan fingerprint density at radius 3 is 1.72 bits per heavy atom. The Labute approximate surface area is 345 Å². The van der Waals surface area contributed by atoms with Crippen molar-refractivity contribution in [1.82, 2.24) is 14.0 Å². The lowest BCUT2D eigenvalue weighted by atomic mass is 9.34.